The minimum atomic E-state index is -0.571. The third-order valence-corrected chi connectivity index (χ3v) is 5.15. The van der Waals surface area contributed by atoms with Crippen LogP contribution in [-0.4, -0.2) is 18.5 Å². The van der Waals surface area contributed by atoms with E-state index in [9.17, 15) is 14.9 Å². The molecule has 0 fully saturated rings. The molecule has 0 radical (unpaired) electrons. The third kappa shape index (κ3) is 6.73. The Kier molecular flexibility index (Phi) is 7.90. The lowest BCUT2D eigenvalue weighted by Gasteiger charge is -2.10. The van der Waals surface area contributed by atoms with Gasteiger partial charge in [-0.2, -0.15) is 5.26 Å². The Hall–Kier alpha value is -4.02. The molecule has 1 aromatic heterocycles. The smallest absolute Gasteiger partial charge is 0.349 e. The van der Waals surface area contributed by atoms with E-state index >= 15 is 0 Å². The molecule has 1 N–H and O–H groups in total. The number of amides is 1. The molecule has 0 saturated carbocycles. The summed E-state index contributed by atoms with van der Waals surface area (Å²) in [5, 5.41) is 12.6. The van der Waals surface area contributed by atoms with Gasteiger partial charge in [-0.1, -0.05) is 23.7 Å². The number of halogens is 1. The molecular weight excluding hydrogens is 444 g/mol. The molecule has 3 aromatic rings. The number of nitrogens with one attached hydrogen (secondary N) is 1. The Labute approximate surface area is 196 Å². The maximum Gasteiger partial charge on any atom is 0.349 e. The average molecular weight is 465 g/mol. The molecule has 3 rings (SSSR count). The number of benzene rings is 2. The van der Waals surface area contributed by atoms with Crippen molar-refractivity contribution >= 4 is 29.6 Å². The van der Waals surface area contributed by atoms with Gasteiger partial charge in [0.15, 0.2) is 6.61 Å². The van der Waals surface area contributed by atoms with Crippen LogP contribution in [0.4, 0.5) is 0 Å². The fraction of sp³-hybridized carbons (Fsp3) is 0.160. The lowest BCUT2D eigenvalue weighted by molar-refractivity contribution is -0.136. The van der Waals surface area contributed by atoms with Gasteiger partial charge in [0.05, 0.1) is 12.8 Å². The SMILES string of the molecule is Cc1cc(OCC(=O)Oc2ccc(/C=C(\C#N)C(=O)NCc3ccco3)cc2)cc(C)c1Cl. The first-order valence-electron chi connectivity index (χ1n) is 9.98. The number of ether oxygens (including phenoxy) is 2. The third-order valence-electron chi connectivity index (χ3n) is 4.56. The van der Waals surface area contributed by atoms with Gasteiger partial charge in [0.1, 0.15) is 28.9 Å². The molecule has 0 saturated heterocycles. The zero-order valence-electron chi connectivity index (χ0n) is 18.1. The first-order valence-corrected chi connectivity index (χ1v) is 10.4. The Morgan fingerprint density at radius 3 is 2.42 bits per heavy atom. The summed E-state index contributed by atoms with van der Waals surface area (Å²) in [4.78, 5) is 24.3. The Bertz CT molecular complexity index is 1190. The average Bonchev–Trinajstić information content (AvgIpc) is 3.32. The van der Waals surface area contributed by atoms with Crippen molar-refractivity contribution < 1.29 is 23.5 Å². The second-order valence-corrected chi connectivity index (χ2v) is 7.51. The number of carbonyl (C=O) groups is 2. The van der Waals surface area contributed by atoms with E-state index in [0.29, 0.717) is 27.8 Å². The van der Waals surface area contributed by atoms with Crippen molar-refractivity contribution in [2.24, 2.45) is 0 Å². The lowest BCUT2D eigenvalue weighted by Crippen LogP contribution is -2.23. The molecule has 0 aliphatic rings. The lowest BCUT2D eigenvalue weighted by atomic mass is 10.1. The van der Waals surface area contributed by atoms with Gasteiger partial charge in [-0.05, 0) is 73.0 Å². The minimum absolute atomic E-state index is 0.0618. The molecular formula is C25H21ClN2O5. The molecule has 0 spiro atoms. The predicted octanol–water partition coefficient (Wildman–Crippen LogP) is 4.76. The molecule has 0 aliphatic carbocycles. The Morgan fingerprint density at radius 2 is 1.82 bits per heavy atom. The number of furan rings is 1. The largest absolute Gasteiger partial charge is 0.482 e. The van der Waals surface area contributed by atoms with Crippen molar-refractivity contribution in [1.82, 2.24) is 5.32 Å². The molecule has 1 amide bonds. The van der Waals surface area contributed by atoms with Crippen LogP contribution in [0.3, 0.4) is 0 Å². The van der Waals surface area contributed by atoms with Crippen LogP contribution in [0.15, 0.2) is 64.8 Å². The number of hydrogen-bond acceptors (Lipinski definition) is 6. The van der Waals surface area contributed by atoms with Crippen LogP contribution in [0.2, 0.25) is 5.02 Å². The van der Waals surface area contributed by atoms with Crippen LogP contribution in [0.5, 0.6) is 11.5 Å². The number of carbonyl (C=O) groups excluding carboxylic acids is 2. The highest BCUT2D eigenvalue weighted by molar-refractivity contribution is 6.32. The van der Waals surface area contributed by atoms with Crippen LogP contribution in [0.1, 0.15) is 22.5 Å². The van der Waals surface area contributed by atoms with E-state index in [1.165, 1.54) is 12.3 Å². The second-order valence-electron chi connectivity index (χ2n) is 7.13. The second kappa shape index (κ2) is 11.0. The maximum atomic E-state index is 12.2. The van der Waals surface area contributed by atoms with Gasteiger partial charge < -0.3 is 19.2 Å². The number of rotatable bonds is 8. The quantitative estimate of drug-likeness (QED) is 0.223. The normalized spacial score (nSPS) is 10.9. The molecule has 7 nitrogen and oxygen atoms in total. The van der Waals surface area contributed by atoms with Crippen LogP contribution in [-0.2, 0) is 16.1 Å². The minimum Gasteiger partial charge on any atom is -0.482 e. The van der Waals surface area contributed by atoms with Crippen molar-refractivity contribution in [3.8, 4) is 17.6 Å². The van der Waals surface area contributed by atoms with Gasteiger partial charge in [0, 0.05) is 5.02 Å². The van der Waals surface area contributed by atoms with E-state index in [0.717, 1.165) is 11.1 Å². The molecule has 1 heterocycles. The van der Waals surface area contributed by atoms with E-state index in [4.69, 9.17) is 25.5 Å². The molecule has 168 valence electrons. The number of aryl methyl sites for hydroxylation is 2. The number of nitriles is 1. The van der Waals surface area contributed by atoms with Gasteiger partial charge in [-0.15, -0.1) is 0 Å². The van der Waals surface area contributed by atoms with Crippen molar-refractivity contribution in [1.29, 1.82) is 5.26 Å². The summed E-state index contributed by atoms with van der Waals surface area (Å²) in [7, 11) is 0. The summed E-state index contributed by atoms with van der Waals surface area (Å²) in [6, 6.07) is 15.2. The number of hydrogen-bond donors (Lipinski definition) is 1. The van der Waals surface area contributed by atoms with Crippen LogP contribution < -0.4 is 14.8 Å². The first-order chi connectivity index (χ1) is 15.9. The monoisotopic (exact) mass is 464 g/mol. The van der Waals surface area contributed by atoms with Crippen LogP contribution in [0, 0.1) is 25.2 Å². The standard InChI is InChI=1S/C25H21ClN2O5/c1-16-10-22(11-17(2)24(16)26)32-15-23(29)33-20-7-5-18(6-8-20)12-19(13-27)25(30)28-14-21-4-3-9-31-21/h3-12H,14-15H2,1-2H3,(H,28,30)/b19-12+. The summed E-state index contributed by atoms with van der Waals surface area (Å²) < 4.78 is 15.9. The number of nitrogens with zero attached hydrogens (tertiary/aromatic N) is 1. The topological polar surface area (TPSA) is 102 Å². The highest BCUT2D eigenvalue weighted by Crippen LogP contribution is 2.26. The van der Waals surface area contributed by atoms with Gasteiger partial charge in [-0.3, -0.25) is 4.79 Å². The van der Waals surface area contributed by atoms with Gasteiger partial charge in [-0.25, -0.2) is 4.79 Å². The number of esters is 1. The Morgan fingerprint density at radius 1 is 1.12 bits per heavy atom. The molecule has 0 bridgehead atoms. The van der Waals surface area contributed by atoms with E-state index in [1.807, 2.05) is 19.9 Å². The van der Waals surface area contributed by atoms with E-state index in [-0.39, 0.29) is 18.7 Å². The van der Waals surface area contributed by atoms with Gasteiger partial charge in [0.2, 0.25) is 0 Å². The summed E-state index contributed by atoms with van der Waals surface area (Å²) in [6.07, 6.45) is 2.94. The summed E-state index contributed by atoms with van der Waals surface area (Å²) >= 11 is 6.13. The molecule has 2 aromatic carbocycles. The molecule has 8 heteroatoms. The summed E-state index contributed by atoms with van der Waals surface area (Å²) in [5.74, 6) is 0.330. The molecule has 0 aliphatic heterocycles. The van der Waals surface area contributed by atoms with Crippen molar-refractivity contribution in [3.63, 3.8) is 0 Å². The van der Waals surface area contributed by atoms with Crippen molar-refractivity contribution in [3.05, 3.63) is 87.8 Å². The van der Waals surface area contributed by atoms with E-state index in [2.05, 4.69) is 5.32 Å². The highest BCUT2D eigenvalue weighted by Gasteiger charge is 2.11. The van der Waals surface area contributed by atoms with E-state index in [1.54, 1.807) is 48.5 Å². The fourth-order valence-electron chi connectivity index (χ4n) is 2.92. The predicted molar refractivity (Wildman–Crippen MR) is 123 cm³/mol. The summed E-state index contributed by atoms with van der Waals surface area (Å²) in [6.45, 7) is 3.63. The fourth-order valence-corrected chi connectivity index (χ4v) is 3.02. The zero-order chi connectivity index (χ0) is 23.8. The molecule has 33 heavy (non-hydrogen) atoms. The molecule has 0 unspecified atom stereocenters. The van der Waals surface area contributed by atoms with Crippen LogP contribution in [0.25, 0.3) is 6.08 Å². The van der Waals surface area contributed by atoms with Gasteiger partial charge in [0.25, 0.3) is 5.91 Å². The van der Waals surface area contributed by atoms with Crippen LogP contribution >= 0.6 is 11.6 Å². The highest BCUT2D eigenvalue weighted by atomic mass is 35.5. The summed E-state index contributed by atoms with van der Waals surface area (Å²) in [5.41, 5.74) is 2.25. The maximum absolute atomic E-state index is 12.2. The Balaban J connectivity index is 1.54. The van der Waals surface area contributed by atoms with Crippen molar-refractivity contribution in [2.75, 3.05) is 6.61 Å². The molecule has 0 atom stereocenters. The first kappa shape index (κ1) is 23.6. The zero-order valence-corrected chi connectivity index (χ0v) is 18.8. The van der Waals surface area contributed by atoms with Gasteiger partial charge >= 0.3 is 5.97 Å². The van der Waals surface area contributed by atoms with Crippen molar-refractivity contribution in [2.45, 2.75) is 20.4 Å². The van der Waals surface area contributed by atoms with E-state index < -0.39 is 11.9 Å².